The number of carbonyl (C=O) groups is 1. The van der Waals surface area contributed by atoms with Gasteiger partial charge in [0.2, 0.25) is 0 Å². The number of hydrogen-bond donors (Lipinski definition) is 2. The Balaban J connectivity index is 1.14. The van der Waals surface area contributed by atoms with Gasteiger partial charge in [0, 0.05) is 33.5 Å². The Labute approximate surface area is 276 Å². The van der Waals surface area contributed by atoms with Crippen molar-refractivity contribution in [2.24, 2.45) is 39.4 Å². The maximum atomic E-state index is 14.7. The number of aliphatic hydroxyl groups excluding tert-OH is 1. The fraction of sp³-hybridized carbons (Fsp3) is 0.684. The first-order chi connectivity index (χ1) is 21.6. The number of nitrogens with zero attached hydrogens (tertiary/aromatic N) is 1. The summed E-state index contributed by atoms with van der Waals surface area (Å²) in [6.07, 6.45) is 18.8. The Hall–Kier alpha value is -1.67. The van der Waals surface area contributed by atoms with Crippen molar-refractivity contribution in [3.05, 3.63) is 42.0 Å². The van der Waals surface area contributed by atoms with E-state index in [2.05, 4.69) is 38.1 Å². The van der Waals surface area contributed by atoms with Gasteiger partial charge in [-0.3, -0.25) is 4.79 Å². The van der Waals surface area contributed by atoms with Crippen LogP contribution in [0.25, 0.3) is 10.2 Å². The number of thioether (sulfide) groups is 1. The van der Waals surface area contributed by atoms with Gasteiger partial charge in [-0.15, -0.1) is 11.3 Å². The summed E-state index contributed by atoms with van der Waals surface area (Å²) in [7, 11) is 0. The Bertz CT molecular complexity index is 1580. The van der Waals surface area contributed by atoms with Gasteiger partial charge in [-0.2, -0.15) is 0 Å². The standard InChI is InChI=1S/C38H49NO4S2/c1-4-43-26-10-11-28-29(20-26)45-33(39-28)44-23-37(42)17-14-31-35(37,3)16-13-30-34(2)15-12-25(40)21-36(34)18-19-38(30,31)27(22-36)32(41)24-8-6-5-7-9-24/h10-11,18-20,22,24-25,30-31,40,42H,4-9,12-17,21,23H2,1-3H3/t25?,30-,31-,34-,35+,36+,37-,38-/m1/s1. The van der Waals surface area contributed by atoms with Crippen molar-refractivity contribution >= 4 is 39.1 Å². The monoisotopic (exact) mass is 647 g/mol. The molecule has 1 unspecified atom stereocenters. The molecule has 2 bridgehead atoms. The zero-order chi connectivity index (χ0) is 31.2. The van der Waals surface area contributed by atoms with E-state index in [0.29, 0.717) is 24.1 Å². The van der Waals surface area contributed by atoms with Gasteiger partial charge in [-0.05, 0) is 100 Å². The molecule has 2 aromatic rings. The summed E-state index contributed by atoms with van der Waals surface area (Å²) >= 11 is 3.38. The van der Waals surface area contributed by atoms with E-state index in [9.17, 15) is 15.0 Å². The minimum Gasteiger partial charge on any atom is -0.494 e. The second-order valence-electron chi connectivity index (χ2n) is 15.8. The molecule has 0 aliphatic heterocycles. The van der Waals surface area contributed by atoms with Gasteiger partial charge in [0.15, 0.2) is 10.1 Å². The van der Waals surface area contributed by atoms with Crippen molar-refractivity contribution in [3.8, 4) is 5.75 Å². The number of thiazole rings is 1. The molecule has 2 N–H and O–H groups in total. The van der Waals surface area contributed by atoms with Crippen molar-refractivity contribution in [1.82, 2.24) is 4.98 Å². The summed E-state index contributed by atoms with van der Waals surface area (Å²) in [5.74, 6) is 2.58. The van der Waals surface area contributed by atoms with Crippen molar-refractivity contribution in [1.29, 1.82) is 0 Å². The van der Waals surface area contributed by atoms with E-state index in [1.807, 2.05) is 19.1 Å². The van der Waals surface area contributed by atoms with Gasteiger partial charge in [0.25, 0.3) is 0 Å². The minimum absolute atomic E-state index is 0.0233. The van der Waals surface area contributed by atoms with Crippen LogP contribution in [0.2, 0.25) is 0 Å². The number of ketones is 1. The van der Waals surface area contributed by atoms with Crippen LogP contribution in [-0.4, -0.2) is 45.0 Å². The molecule has 1 aromatic heterocycles. The molecule has 5 nitrogen and oxygen atoms in total. The summed E-state index contributed by atoms with van der Waals surface area (Å²) < 4.78 is 7.82. The number of allylic oxidation sites excluding steroid dienone is 4. The van der Waals surface area contributed by atoms with E-state index in [1.54, 1.807) is 23.1 Å². The third kappa shape index (κ3) is 4.25. The van der Waals surface area contributed by atoms with E-state index >= 15 is 0 Å². The Morgan fingerprint density at radius 1 is 1.02 bits per heavy atom. The lowest BCUT2D eigenvalue weighted by Crippen LogP contribution is -2.67. The molecule has 0 amide bonds. The molecule has 2 spiro atoms. The number of Topliss-reactive ketones (excluding diaryl/α,β-unsaturated/α-hetero) is 1. The molecule has 4 saturated carbocycles. The average Bonchev–Trinajstić information content (AvgIpc) is 3.57. The predicted molar refractivity (Wildman–Crippen MR) is 182 cm³/mol. The summed E-state index contributed by atoms with van der Waals surface area (Å²) in [6.45, 7) is 7.47. The van der Waals surface area contributed by atoms with E-state index in [0.717, 1.165) is 96.5 Å². The molecule has 0 saturated heterocycles. The first kappa shape index (κ1) is 30.7. The molecule has 1 heterocycles. The number of hydrogen-bond acceptors (Lipinski definition) is 7. The number of fused-ring (bicyclic) bond motifs is 2. The lowest BCUT2D eigenvalue weighted by atomic mass is 9.32. The largest absolute Gasteiger partial charge is 0.494 e. The van der Waals surface area contributed by atoms with Crippen LogP contribution in [0.15, 0.2) is 46.3 Å². The molecule has 242 valence electrons. The quantitative estimate of drug-likeness (QED) is 0.232. The lowest BCUT2D eigenvalue weighted by molar-refractivity contribution is -0.171. The topological polar surface area (TPSA) is 79.7 Å². The minimum atomic E-state index is -0.834. The number of carbonyl (C=O) groups excluding carboxylic acids is 1. The van der Waals surface area contributed by atoms with Gasteiger partial charge in [0.05, 0.1) is 28.5 Å². The summed E-state index contributed by atoms with van der Waals surface area (Å²) in [5, 5.41) is 23.6. The van der Waals surface area contributed by atoms with E-state index in [1.165, 1.54) is 6.42 Å². The maximum absolute atomic E-state index is 14.7. The van der Waals surface area contributed by atoms with Gasteiger partial charge in [0.1, 0.15) is 5.75 Å². The maximum Gasteiger partial charge on any atom is 0.162 e. The molecular formula is C38H49NO4S2. The van der Waals surface area contributed by atoms with Crippen LogP contribution in [0.3, 0.4) is 0 Å². The number of ether oxygens (including phenoxy) is 1. The van der Waals surface area contributed by atoms with Crippen molar-refractivity contribution in [2.75, 3.05) is 12.4 Å². The van der Waals surface area contributed by atoms with Gasteiger partial charge in [-0.1, -0.05) is 63.1 Å². The number of aromatic nitrogens is 1. The van der Waals surface area contributed by atoms with Crippen LogP contribution in [0.1, 0.15) is 97.8 Å². The SMILES string of the molecule is CCOc1ccc2nc(SC[C@]3(O)CC[C@H]4[C@]56C=C[C@@]7(C=C5C(=O)C5CCCCC5)CC(O)CC[C@]7(C)[C@H]6CC[C@@]43C)sc2c1. The molecule has 1 aromatic carbocycles. The van der Waals surface area contributed by atoms with Crippen molar-refractivity contribution in [2.45, 2.75) is 114 Å². The highest BCUT2D eigenvalue weighted by molar-refractivity contribution is 8.01. The Morgan fingerprint density at radius 2 is 1.78 bits per heavy atom. The van der Waals surface area contributed by atoms with Crippen LogP contribution in [0.5, 0.6) is 5.75 Å². The molecular weight excluding hydrogens is 599 g/mol. The molecule has 0 radical (unpaired) electrons. The number of aliphatic hydroxyl groups is 2. The third-order valence-electron chi connectivity index (χ3n) is 14.0. The second kappa shape index (κ2) is 10.7. The van der Waals surface area contributed by atoms with Crippen LogP contribution in [0.4, 0.5) is 0 Å². The van der Waals surface area contributed by atoms with Crippen molar-refractivity contribution < 1.29 is 19.7 Å². The van der Waals surface area contributed by atoms with Crippen molar-refractivity contribution in [3.63, 3.8) is 0 Å². The van der Waals surface area contributed by atoms with Crippen LogP contribution >= 0.6 is 23.1 Å². The van der Waals surface area contributed by atoms with Crippen LogP contribution in [-0.2, 0) is 4.79 Å². The van der Waals surface area contributed by atoms with Crippen LogP contribution in [0, 0.1) is 39.4 Å². The Kier molecular flexibility index (Phi) is 7.27. The zero-order valence-electron chi connectivity index (χ0n) is 27.1. The summed E-state index contributed by atoms with van der Waals surface area (Å²) in [5.41, 5.74) is 0.359. The number of benzene rings is 1. The normalized spacial score (nSPS) is 42.2. The van der Waals surface area contributed by atoms with E-state index in [-0.39, 0.29) is 39.6 Å². The average molecular weight is 648 g/mol. The molecule has 45 heavy (non-hydrogen) atoms. The fourth-order valence-electron chi connectivity index (χ4n) is 11.6. The molecule has 4 fully saturated rings. The highest BCUT2D eigenvalue weighted by Crippen LogP contribution is 2.78. The van der Waals surface area contributed by atoms with E-state index in [4.69, 9.17) is 9.72 Å². The zero-order valence-corrected chi connectivity index (χ0v) is 28.8. The first-order valence-electron chi connectivity index (χ1n) is 17.6. The van der Waals surface area contributed by atoms with E-state index < -0.39 is 5.60 Å². The van der Waals surface area contributed by atoms with Gasteiger partial charge >= 0.3 is 0 Å². The van der Waals surface area contributed by atoms with Gasteiger partial charge in [-0.25, -0.2) is 4.98 Å². The smallest absolute Gasteiger partial charge is 0.162 e. The predicted octanol–water partition coefficient (Wildman–Crippen LogP) is 8.53. The lowest BCUT2D eigenvalue weighted by Gasteiger charge is -2.71. The highest BCUT2D eigenvalue weighted by Gasteiger charge is 2.74. The molecule has 8 atom stereocenters. The summed E-state index contributed by atoms with van der Waals surface area (Å²) in [6, 6.07) is 6.09. The second-order valence-corrected chi connectivity index (χ2v) is 18.1. The summed E-state index contributed by atoms with van der Waals surface area (Å²) in [4.78, 5) is 19.6. The Morgan fingerprint density at radius 3 is 2.58 bits per heavy atom. The van der Waals surface area contributed by atoms with Crippen LogP contribution < -0.4 is 4.74 Å². The molecule has 7 aliphatic carbocycles. The van der Waals surface area contributed by atoms with Gasteiger partial charge < -0.3 is 14.9 Å². The third-order valence-corrected chi connectivity index (χ3v) is 16.4. The molecule has 7 aliphatic rings. The molecule has 7 heteroatoms. The fourth-order valence-corrected chi connectivity index (χ4v) is 14.0. The molecule has 9 rings (SSSR count). The number of rotatable bonds is 7. The highest BCUT2D eigenvalue weighted by atomic mass is 32.2. The first-order valence-corrected chi connectivity index (χ1v) is 19.4.